The van der Waals surface area contributed by atoms with Crippen molar-refractivity contribution in [1.29, 1.82) is 0 Å². The maximum Gasteiger partial charge on any atom is 0.250 e. The van der Waals surface area contributed by atoms with Gasteiger partial charge in [-0.2, -0.15) is 0 Å². The maximum atomic E-state index is 11.2. The van der Waals surface area contributed by atoms with E-state index < -0.39 is 5.91 Å². The van der Waals surface area contributed by atoms with Gasteiger partial charge in [-0.25, -0.2) is 5.84 Å². The van der Waals surface area contributed by atoms with Crippen LogP contribution in [0.25, 0.3) is 0 Å². The number of primary amides is 1. The molecule has 5 nitrogen and oxygen atoms in total. The number of hydrogen-bond acceptors (Lipinski definition) is 4. The molecule has 0 unspecified atom stereocenters. The average Bonchev–Trinajstić information content (AvgIpc) is 2.16. The summed E-state index contributed by atoms with van der Waals surface area (Å²) in [6.07, 6.45) is 1.25. The number of hydrazine groups is 1. The minimum absolute atomic E-state index is 0.0205. The van der Waals surface area contributed by atoms with Crippen LogP contribution < -0.4 is 22.3 Å². The highest BCUT2D eigenvalue weighted by Gasteiger charge is 2.12. The molecule has 7 heteroatoms. The van der Waals surface area contributed by atoms with E-state index in [0.717, 1.165) is 5.01 Å². The van der Waals surface area contributed by atoms with E-state index in [0.29, 0.717) is 10.7 Å². The molecule has 0 aromatic heterocycles. The van der Waals surface area contributed by atoms with Crippen LogP contribution in [0.2, 0.25) is 5.02 Å². The topological polar surface area (TPSA) is 98.4 Å². The summed E-state index contributed by atoms with van der Waals surface area (Å²) in [5.41, 5.74) is 11.0. The lowest BCUT2D eigenvalue weighted by atomic mass is 10.1. The SMILES string of the molecule is NC(=O)c1cc(Cl)ccc1N(N)/C=C(\N)Cl. The van der Waals surface area contributed by atoms with Crippen LogP contribution in [0.4, 0.5) is 5.69 Å². The molecule has 0 aliphatic rings. The summed E-state index contributed by atoms with van der Waals surface area (Å²) in [4.78, 5) is 11.2. The van der Waals surface area contributed by atoms with E-state index in [1.807, 2.05) is 0 Å². The Balaban J connectivity index is 3.22. The molecule has 1 amide bonds. The van der Waals surface area contributed by atoms with E-state index in [2.05, 4.69) is 0 Å². The van der Waals surface area contributed by atoms with E-state index in [-0.39, 0.29) is 10.7 Å². The van der Waals surface area contributed by atoms with Crippen molar-refractivity contribution in [2.45, 2.75) is 0 Å². The Bertz CT molecular complexity index is 443. The van der Waals surface area contributed by atoms with Crippen molar-refractivity contribution in [3.8, 4) is 0 Å². The number of carbonyl (C=O) groups is 1. The number of carbonyl (C=O) groups excluding carboxylic acids is 1. The van der Waals surface area contributed by atoms with E-state index >= 15 is 0 Å². The minimum Gasteiger partial charge on any atom is -0.388 e. The fourth-order valence-electron chi connectivity index (χ4n) is 1.13. The van der Waals surface area contributed by atoms with Crippen LogP contribution in [0.1, 0.15) is 10.4 Å². The third-order valence-electron chi connectivity index (χ3n) is 1.76. The molecule has 0 saturated heterocycles. The highest BCUT2D eigenvalue weighted by atomic mass is 35.5. The van der Waals surface area contributed by atoms with Crippen LogP contribution in [0.5, 0.6) is 0 Å². The number of amides is 1. The third-order valence-corrected chi connectivity index (χ3v) is 2.10. The molecule has 0 aliphatic heterocycles. The van der Waals surface area contributed by atoms with Crippen LogP contribution in [0.3, 0.4) is 0 Å². The largest absolute Gasteiger partial charge is 0.388 e. The molecular weight excluding hydrogens is 251 g/mol. The average molecular weight is 261 g/mol. The van der Waals surface area contributed by atoms with E-state index in [4.69, 9.17) is 40.5 Å². The molecule has 0 bridgehead atoms. The molecule has 0 spiro atoms. The van der Waals surface area contributed by atoms with Crippen LogP contribution in [0.15, 0.2) is 29.6 Å². The highest BCUT2D eigenvalue weighted by Crippen LogP contribution is 2.22. The summed E-state index contributed by atoms with van der Waals surface area (Å²) in [5, 5.41) is 1.46. The molecular formula is C9H10Cl2N4O. The number of anilines is 1. The summed E-state index contributed by atoms with van der Waals surface area (Å²) in [7, 11) is 0. The lowest BCUT2D eigenvalue weighted by Gasteiger charge is -2.16. The Labute approximate surface area is 102 Å². The first-order valence-corrected chi connectivity index (χ1v) is 4.93. The number of rotatable bonds is 3. The van der Waals surface area contributed by atoms with E-state index in [9.17, 15) is 4.79 Å². The zero-order chi connectivity index (χ0) is 12.3. The summed E-state index contributed by atoms with van der Waals surface area (Å²) in [6.45, 7) is 0. The van der Waals surface area contributed by atoms with Gasteiger partial charge in [0.2, 0.25) is 0 Å². The molecule has 1 aromatic carbocycles. The number of halogens is 2. The van der Waals surface area contributed by atoms with Crippen molar-refractivity contribution < 1.29 is 4.79 Å². The van der Waals surface area contributed by atoms with Gasteiger partial charge in [0.05, 0.1) is 17.5 Å². The number of nitrogens with zero attached hydrogens (tertiary/aromatic N) is 1. The molecule has 0 saturated carbocycles. The van der Waals surface area contributed by atoms with Crippen LogP contribution in [-0.4, -0.2) is 5.91 Å². The Hall–Kier alpha value is -1.43. The number of benzene rings is 1. The fourth-order valence-corrected chi connectivity index (χ4v) is 1.41. The summed E-state index contributed by atoms with van der Waals surface area (Å²) >= 11 is 11.2. The van der Waals surface area contributed by atoms with Crippen LogP contribution in [-0.2, 0) is 0 Å². The highest BCUT2D eigenvalue weighted by molar-refractivity contribution is 6.31. The lowest BCUT2D eigenvalue weighted by molar-refractivity contribution is 0.100. The van der Waals surface area contributed by atoms with Gasteiger partial charge in [0.15, 0.2) is 0 Å². The Morgan fingerprint density at radius 2 is 2.00 bits per heavy atom. The second-order valence-electron chi connectivity index (χ2n) is 2.95. The third kappa shape index (κ3) is 3.03. The smallest absolute Gasteiger partial charge is 0.250 e. The van der Waals surface area contributed by atoms with Crippen LogP contribution >= 0.6 is 23.2 Å². The van der Waals surface area contributed by atoms with Gasteiger partial charge in [0.1, 0.15) is 5.16 Å². The van der Waals surface area contributed by atoms with Crippen molar-refractivity contribution in [3.63, 3.8) is 0 Å². The molecule has 0 atom stereocenters. The van der Waals surface area contributed by atoms with Gasteiger partial charge in [-0.15, -0.1) is 0 Å². The predicted octanol–water partition coefficient (Wildman–Crippen LogP) is 1.12. The predicted molar refractivity (Wildman–Crippen MR) is 64.8 cm³/mol. The van der Waals surface area contributed by atoms with Crippen molar-refractivity contribution in [1.82, 2.24) is 0 Å². The normalized spacial score (nSPS) is 11.3. The van der Waals surface area contributed by atoms with Crippen molar-refractivity contribution in [2.75, 3.05) is 5.01 Å². The first-order valence-electron chi connectivity index (χ1n) is 4.18. The molecule has 0 aliphatic carbocycles. The van der Waals surface area contributed by atoms with E-state index in [1.165, 1.54) is 12.3 Å². The maximum absolute atomic E-state index is 11.2. The summed E-state index contributed by atoms with van der Waals surface area (Å²) < 4.78 is 0. The lowest BCUT2D eigenvalue weighted by Crippen LogP contribution is -2.28. The van der Waals surface area contributed by atoms with Gasteiger partial charge >= 0.3 is 0 Å². The molecule has 0 fully saturated rings. The minimum atomic E-state index is -0.644. The molecule has 1 rings (SSSR count). The molecule has 1 aromatic rings. The molecule has 86 valence electrons. The number of hydrogen-bond donors (Lipinski definition) is 3. The molecule has 0 radical (unpaired) electrons. The van der Waals surface area contributed by atoms with Gasteiger partial charge in [0.25, 0.3) is 5.91 Å². The van der Waals surface area contributed by atoms with Crippen molar-refractivity contribution in [2.24, 2.45) is 17.3 Å². The zero-order valence-corrected chi connectivity index (χ0v) is 9.66. The Kier molecular flexibility index (Phi) is 4.00. The van der Waals surface area contributed by atoms with Gasteiger partial charge < -0.3 is 11.5 Å². The number of nitrogens with two attached hydrogens (primary N) is 3. The quantitative estimate of drug-likeness (QED) is 0.431. The van der Waals surface area contributed by atoms with E-state index in [1.54, 1.807) is 12.1 Å². The first-order chi connectivity index (χ1) is 7.41. The van der Waals surface area contributed by atoms with Gasteiger partial charge in [-0.05, 0) is 18.2 Å². The molecule has 6 N–H and O–H groups in total. The van der Waals surface area contributed by atoms with Crippen LogP contribution in [0, 0.1) is 0 Å². The Morgan fingerprint density at radius 1 is 1.38 bits per heavy atom. The second-order valence-corrected chi connectivity index (χ2v) is 3.82. The van der Waals surface area contributed by atoms with Gasteiger partial charge in [0, 0.05) is 5.02 Å². The van der Waals surface area contributed by atoms with Crippen molar-refractivity contribution >= 4 is 34.8 Å². The van der Waals surface area contributed by atoms with Gasteiger partial charge in [-0.3, -0.25) is 9.80 Å². The second kappa shape index (κ2) is 5.07. The standard InChI is InChI=1S/C9H10Cl2N4O/c10-5-1-2-7(6(3-5)9(13)16)15(14)4-8(11)12/h1-4H,12,14H2,(H2,13,16)/b8-4-. The fraction of sp³-hybridized carbons (Fsp3) is 0. The monoisotopic (exact) mass is 260 g/mol. The first kappa shape index (κ1) is 12.6. The molecule has 16 heavy (non-hydrogen) atoms. The summed E-state index contributed by atoms with van der Waals surface area (Å²) in [5.74, 6) is 4.98. The zero-order valence-electron chi connectivity index (χ0n) is 8.15. The van der Waals surface area contributed by atoms with Gasteiger partial charge in [-0.1, -0.05) is 23.2 Å². The molecule has 0 heterocycles. The van der Waals surface area contributed by atoms with Crippen molar-refractivity contribution in [3.05, 3.63) is 40.1 Å². The summed E-state index contributed by atoms with van der Waals surface area (Å²) in [6, 6.07) is 4.53. The Morgan fingerprint density at radius 3 is 2.50 bits per heavy atom.